The molecule has 0 aromatic heterocycles. The van der Waals surface area contributed by atoms with E-state index in [1.807, 2.05) is 0 Å². The van der Waals surface area contributed by atoms with Gasteiger partial charge in [-0.3, -0.25) is 4.79 Å². The first-order valence-corrected chi connectivity index (χ1v) is 8.55. The van der Waals surface area contributed by atoms with E-state index in [2.05, 4.69) is 6.92 Å². The molecule has 0 amide bonds. The van der Waals surface area contributed by atoms with E-state index in [4.69, 9.17) is 15.3 Å². The minimum absolute atomic E-state index is 0.139. The third-order valence-corrected chi connectivity index (χ3v) is 3.26. The molecule has 4 nitrogen and oxygen atoms in total. The molecule has 0 aliphatic heterocycles. The van der Waals surface area contributed by atoms with Crippen molar-refractivity contribution in [3.05, 3.63) is 0 Å². The maximum absolute atomic E-state index is 10.3. The number of rotatable bonds is 13. The van der Waals surface area contributed by atoms with Crippen LogP contribution in [0.1, 0.15) is 90.9 Å². The lowest BCUT2D eigenvalue weighted by Gasteiger charge is -2.01. The Morgan fingerprint density at radius 1 is 0.857 bits per heavy atom. The van der Waals surface area contributed by atoms with E-state index < -0.39 is 12.1 Å². The molecule has 21 heavy (non-hydrogen) atoms. The van der Waals surface area contributed by atoms with Gasteiger partial charge in [0.05, 0.1) is 12.7 Å². The molecule has 1 unspecified atom stereocenters. The van der Waals surface area contributed by atoms with Crippen LogP contribution in [0.3, 0.4) is 0 Å². The first-order valence-electron chi connectivity index (χ1n) is 8.55. The van der Waals surface area contributed by atoms with Crippen molar-refractivity contribution in [2.75, 3.05) is 6.61 Å². The minimum Gasteiger partial charge on any atom is -0.481 e. The summed E-state index contributed by atoms with van der Waals surface area (Å²) >= 11 is 0. The van der Waals surface area contributed by atoms with Crippen LogP contribution in [0.4, 0.5) is 0 Å². The number of unbranched alkanes of at least 4 members (excludes halogenated alkanes) is 10. The van der Waals surface area contributed by atoms with Crippen molar-refractivity contribution in [3.8, 4) is 0 Å². The van der Waals surface area contributed by atoms with Gasteiger partial charge >= 0.3 is 5.97 Å². The van der Waals surface area contributed by atoms with Crippen LogP contribution in [0.5, 0.6) is 0 Å². The fourth-order valence-electron chi connectivity index (χ4n) is 1.94. The molecule has 0 bridgehead atoms. The van der Waals surface area contributed by atoms with E-state index in [0.29, 0.717) is 6.42 Å². The van der Waals surface area contributed by atoms with Gasteiger partial charge in [0, 0.05) is 6.42 Å². The quantitative estimate of drug-likeness (QED) is 0.447. The number of aliphatic hydroxyl groups excluding tert-OH is 2. The van der Waals surface area contributed by atoms with E-state index in [-0.39, 0.29) is 6.61 Å². The second kappa shape index (κ2) is 19.4. The molecule has 0 radical (unpaired) electrons. The Morgan fingerprint density at radius 3 is 1.48 bits per heavy atom. The third kappa shape index (κ3) is 28.3. The number of aliphatic carboxylic acids is 1. The highest BCUT2D eigenvalue weighted by molar-refractivity contribution is 5.66. The van der Waals surface area contributed by atoms with Crippen molar-refractivity contribution in [2.45, 2.75) is 97.0 Å². The molecule has 0 rings (SSSR count). The molecule has 0 heterocycles. The van der Waals surface area contributed by atoms with Gasteiger partial charge in [-0.1, -0.05) is 71.1 Å². The van der Waals surface area contributed by atoms with Crippen LogP contribution in [0, 0.1) is 0 Å². The first-order chi connectivity index (χ1) is 10.0. The Kier molecular flexibility index (Phi) is 20.9. The fourth-order valence-corrected chi connectivity index (χ4v) is 1.94. The predicted octanol–water partition coefficient (Wildman–Crippen LogP) is 4.13. The monoisotopic (exact) mass is 304 g/mol. The maximum Gasteiger partial charge on any atom is 0.303 e. The summed E-state index contributed by atoms with van der Waals surface area (Å²) in [4.78, 5) is 10.3. The zero-order valence-corrected chi connectivity index (χ0v) is 14.0. The van der Waals surface area contributed by atoms with Crippen LogP contribution >= 0.6 is 0 Å². The third-order valence-electron chi connectivity index (χ3n) is 3.26. The van der Waals surface area contributed by atoms with Crippen molar-refractivity contribution >= 4 is 5.97 Å². The highest BCUT2D eigenvalue weighted by Crippen LogP contribution is 2.11. The summed E-state index contributed by atoms with van der Waals surface area (Å²) < 4.78 is 0. The van der Waals surface area contributed by atoms with Crippen molar-refractivity contribution in [2.24, 2.45) is 0 Å². The van der Waals surface area contributed by atoms with E-state index >= 15 is 0 Å². The Labute approximate surface area is 130 Å². The molecular weight excluding hydrogens is 268 g/mol. The van der Waals surface area contributed by atoms with Gasteiger partial charge in [-0.25, -0.2) is 0 Å². The largest absolute Gasteiger partial charge is 0.481 e. The van der Waals surface area contributed by atoms with Gasteiger partial charge in [0.1, 0.15) is 0 Å². The van der Waals surface area contributed by atoms with E-state index in [0.717, 1.165) is 12.8 Å². The molecule has 0 saturated heterocycles. The normalized spacial score (nSPS) is 11.6. The summed E-state index contributed by atoms with van der Waals surface area (Å²) in [6.45, 7) is 3.64. The lowest BCUT2D eigenvalue weighted by molar-refractivity contribution is -0.137. The van der Waals surface area contributed by atoms with Crippen LogP contribution < -0.4 is 0 Å². The van der Waals surface area contributed by atoms with E-state index in [1.165, 1.54) is 64.7 Å². The molecule has 0 aromatic rings. The minimum atomic E-state index is -0.657. The molecule has 0 aliphatic carbocycles. The molecule has 0 fully saturated rings. The summed E-state index contributed by atoms with van der Waals surface area (Å²) in [6, 6.07) is 0. The molecular formula is C17H36O4. The van der Waals surface area contributed by atoms with Gasteiger partial charge in [0.25, 0.3) is 0 Å². The van der Waals surface area contributed by atoms with Gasteiger partial charge in [0.2, 0.25) is 0 Å². The summed E-state index contributed by atoms with van der Waals surface area (Å²) in [5.41, 5.74) is 0. The zero-order valence-electron chi connectivity index (χ0n) is 14.0. The van der Waals surface area contributed by atoms with Crippen molar-refractivity contribution in [1.82, 2.24) is 0 Å². The van der Waals surface area contributed by atoms with Crippen LogP contribution in [-0.4, -0.2) is 34.0 Å². The summed E-state index contributed by atoms with van der Waals surface area (Å²) in [5, 5.41) is 24.5. The fraction of sp³-hybridized carbons (Fsp3) is 0.941. The number of carboxylic acid groups (broad SMARTS) is 1. The van der Waals surface area contributed by atoms with Gasteiger partial charge in [-0.15, -0.1) is 0 Å². The SMILES string of the molecule is CC(O)CO.CCCCCCCCCCCCCC(=O)O. The van der Waals surface area contributed by atoms with Crippen LogP contribution in [0.15, 0.2) is 0 Å². The number of hydrogen-bond acceptors (Lipinski definition) is 3. The first kappa shape index (κ1) is 22.7. The van der Waals surface area contributed by atoms with Gasteiger partial charge in [-0.2, -0.15) is 0 Å². The van der Waals surface area contributed by atoms with Crippen molar-refractivity contribution in [1.29, 1.82) is 0 Å². The van der Waals surface area contributed by atoms with Crippen LogP contribution in [-0.2, 0) is 4.79 Å². The number of aliphatic hydroxyl groups is 2. The van der Waals surface area contributed by atoms with Crippen LogP contribution in [0.2, 0.25) is 0 Å². The number of carbonyl (C=O) groups is 1. The number of carboxylic acids is 1. The van der Waals surface area contributed by atoms with Gasteiger partial charge in [-0.05, 0) is 13.3 Å². The predicted molar refractivity (Wildman–Crippen MR) is 87.5 cm³/mol. The molecule has 0 saturated carbocycles. The molecule has 0 spiro atoms. The maximum atomic E-state index is 10.3. The molecule has 4 heteroatoms. The topological polar surface area (TPSA) is 77.8 Å². The summed E-state index contributed by atoms with van der Waals surface area (Å²) in [6.07, 6.45) is 13.8. The molecule has 0 aliphatic rings. The molecule has 3 N–H and O–H groups in total. The highest BCUT2D eigenvalue weighted by atomic mass is 16.4. The standard InChI is InChI=1S/C14H28O2.C3H8O2/c1-2-3-4-5-6-7-8-9-10-11-12-13-14(15)16;1-3(5)2-4/h2-13H2,1H3,(H,15,16);3-5H,2H2,1H3. The van der Waals surface area contributed by atoms with Gasteiger partial charge < -0.3 is 15.3 Å². The van der Waals surface area contributed by atoms with Crippen molar-refractivity contribution in [3.63, 3.8) is 0 Å². The summed E-state index contributed by atoms with van der Waals surface area (Å²) in [7, 11) is 0. The smallest absolute Gasteiger partial charge is 0.303 e. The zero-order chi connectivity index (χ0) is 16.3. The second-order valence-electron chi connectivity index (χ2n) is 5.71. The van der Waals surface area contributed by atoms with Crippen molar-refractivity contribution < 1.29 is 20.1 Å². The van der Waals surface area contributed by atoms with E-state index in [9.17, 15) is 4.79 Å². The Hall–Kier alpha value is -0.610. The van der Waals surface area contributed by atoms with Crippen LogP contribution in [0.25, 0.3) is 0 Å². The molecule has 1 atom stereocenters. The molecule has 128 valence electrons. The highest BCUT2D eigenvalue weighted by Gasteiger charge is 1.96. The molecule has 0 aromatic carbocycles. The summed E-state index contributed by atoms with van der Waals surface area (Å²) in [5.74, 6) is -0.657. The lowest BCUT2D eigenvalue weighted by atomic mass is 10.1. The van der Waals surface area contributed by atoms with E-state index in [1.54, 1.807) is 0 Å². The average molecular weight is 304 g/mol. The Balaban J connectivity index is 0. The number of hydrogen-bond donors (Lipinski definition) is 3. The van der Waals surface area contributed by atoms with Gasteiger partial charge in [0.15, 0.2) is 0 Å². The average Bonchev–Trinajstić information content (AvgIpc) is 2.45. The Bertz CT molecular complexity index is 205. The Morgan fingerprint density at radius 2 is 1.19 bits per heavy atom. The lowest BCUT2D eigenvalue weighted by Crippen LogP contribution is -2.03. The second-order valence-corrected chi connectivity index (χ2v) is 5.71.